The van der Waals surface area contributed by atoms with Gasteiger partial charge >= 0.3 is 12.1 Å². The summed E-state index contributed by atoms with van der Waals surface area (Å²) in [6.45, 7) is 1.93. The SMILES string of the molecule is CC/C=C(\C=C/CN1C(=S)N(c2ccc(C#N)c(C(F)(F)F)c2)C(=O)C12CCC2)CCC(=O)OCCO. The van der Waals surface area contributed by atoms with Gasteiger partial charge in [0.1, 0.15) is 12.1 Å². The Morgan fingerprint density at radius 3 is 2.62 bits per heavy atom. The number of alkyl halides is 3. The molecule has 0 radical (unpaired) electrons. The molecule has 2 fully saturated rings. The number of carbonyl (C=O) groups excluding carboxylic acids is 2. The molecule has 198 valence electrons. The number of hydrogen-bond acceptors (Lipinski definition) is 6. The minimum atomic E-state index is -4.76. The Balaban J connectivity index is 1.80. The second-order valence-corrected chi connectivity index (χ2v) is 9.16. The smallest absolute Gasteiger partial charge is 0.417 e. The summed E-state index contributed by atoms with van der Waals surface area (Å²) in [6.07, 6.45) is 4.05. The number of carbonyl (C=O) groups is 2. The van der Waals surface area contributed by atoms with Crippen LogP contribution in [-0.4, -0.2) is 52.3 Å². The standard InChI is InChI=1S/C26H28F3N3O4S/c1-2-5-18(7-10-22(34)36-15-14-33)6-3-13-31-24(37)32(23(35)25(31)11-4-12-25)20-9-8-19(17-30)21(16-20)26(27,28)29/h3,5-6,8-9,16,33H,2,4,7,10-15H2,1H3/b6-3-,18-5+. The monoisotopic (exact) mass is 535 g/mol. The number of nitriles is 1. The zero-order valence-corrected chi connectivity index (χ0v) is 21.2. The highest BCUT2D eigenvalue weighted by Crippen LogP contribution is 2.46. The van der Waals surface area contributed by atoms with E-state index in [0.29, 0.717) is 19.3 Å². The van der Waals surface area contributed by atoms with Gasteiger partial charge in [0.2, 0.25) is 0 Å². The molecule has 3 rings (SSSR count). The average molecular weight is 536 g/mol. The highest BCUT2D eigenvalue weighted by atomic mass is 32.1. The fraction of sp³-hybridized carbons (Fsp3) is 0.462. The highest BCUT2D eigenvalue weighted by molar-refractivity contribution is 7.80. The van der Waals surface area contributed by atoms with Crippen LogP contribution in [-0.2, 0) is 20.5 Å². The number of halogens is 3. The number of allylic oxidation sites excluding steroid dienone is 3. The molecule has 1 N–H and O–H groups in total. The first kappa shape index (κ1) is 28.3. The molecule has 1 saturated heterocycles. The Morgan fingerprint density at radius 2 is 2.05 bits per heavy atom. The molecule has 1 aromatic carbocycles. The van der Waals surface area contributed by atoms with Crippen LogP contribution in [0.5, 0.6) is 0 Å². The molecule has 1 amide bonds. The van der Waals surface area contributed by atoms with Gasteiger partial charge in [0.25, 0.3) is 5.91 Å². The normalized spacial score (nSPS) is 17.5. The summed E-state index contributed by atoms with van der Waals surface area (Å²) in [5.74, 6) is -0.786. The Kier molecular flexibility index (Phi) is 9.10. The van der Waals surface area contributed by atoms with Crippen molar-refractivity contribution in [3.63, 3.8) is 0 Å². The van der Waals surface area contributed by atoms with E-state index in [4.69, 9.17) is 27.3 Å². The third kappa shape index (κ3) is 6.02. The zero-order valence-electron chi connectivity index (χ0n) is 20.4. The van der Waals surface area contributed by atoms with Gasteiger partial charge in [-0.1, -0.05) is 30.7 Å². The minimum Gasteiger partial charge on any atom is -0.463 e. The van der Waals surface area contributed by atoms with Crippen LogP contribution in [0.25, 0.3) is 0 Å². The summed E-state index contributed by atoms with van der Waals surface area (Å²) >= 11 is 5.58. The lowest BCUT2D eigenvalue weighted by Gasteiger charge is -2.42. The first-order valence-electron chi connectivity index (χ1n) is 12.0. The van der Waals surface area contributed by atoms with Crippen molar-refractivity contribution in [1.29, 1.82) is 5.26 Å². The fourth-order valence-corrected chi connectivity index (χ4v) is 4.93. The number of hydrogen-bond donors (Lipinski definition) is 1. The molecule has 11 heteroatoms. The van der Waals surface area contributed by atoms with E-state index >= 15 is 0 Å². The van der Waals surface area contributed by atoms with E-state index in [1.165, 1.54) is 6.07 Å². The highest BCUT2D eigenvalue weighted by Gasteiger charge is 2.58. The van der Waals surface area contributed by atoms with E-state index < -0.39 is 28.8 Å². The van der Waals surface area contributed by atoms with E-state index in [-0.39, 0.29) is 42.9 Å². The number of aliphatic hydroxyl groups is 1. The molecular weight excluding hydrogens is 507 g/mol. The number of benzene rings is 1. The van der Waals surface area contributed by atoms with E-state index in [1.807, 2.05) is 25.2 Å². The van der Waals surface area contributed by atoms with Crippen molar-refractivity contribution in [2.75, 3.05) is 24.7 Å². The number of amides is 1. The summed E-state index contributed by atoms with van der Waals surface area (Å²) in [5, 5.41) is 18.0. The largest absolute Gasteiger partial charge is 0.463 e. The molecule has 0 bridgehead atoms. The summed E-state index contributed by atoms with van der Waals surface area (Å²) in [6, 6.07) is 4.70. The van der Waals surface area contributed by atoms with E-state index in [0.717, 1.165) is 35.4 Å². The molecule has 1 saturated carbocycles. The van der Waals surface area contributed by atoms with Gasteiger partial charge in [-0.2, -0.15) is 18.4 Å². The van der Waals surface area contributed by atoms with Crippen molar-refractivity contribution in [3.05, 3.63) is 53.1 Å². The molecule has 2 aliphatic rings. The van der Waals surface area contributed by atoms with Gasteiger partial charge in [0, 0.05) is 13.0 Å². The van der Waals surface area contributed by atoms with Crippen LogP contribution in [0.3, 0.4) is 0 Å². The third-order valence-electron chi connectivity index (χ3n) is 6.47. The quantitative estimate of drug-likeness (QED) is 0.265. The molecule has 37 heavy (non-hydrogen) atoms. The van der Waals surface area contributed by atoms with Crippen LogP contribution in [0.4, 0.5) is 18.9 Å². The number of nitrogens with zero attached hydrogens (tertiary/aromatic N) is 3. The number of thiocarbonyl (C=S) groups is 1. The molecule has 1 aliphatic heterocycles. The van der Waals surface area contributed by atoms with Gasteiger partial charge in [-0.3, -0.25) is 14.5 Å². The predicted octanol–water partition coefficient (Wildman–Crippen LogP) is 4.64. The number of esters is 1. The zero-order chi connectivity index (χ0) is 27.2. The Labute approximate surface area is 218 Å². The number of rotatable bonds is 10. The van der Waals surface area contributed by atoms with Crippen LogP contribution in [0.2, 0.25) is 0 Å². The van der Waals surface area contributed by atoms with Gasteiger partial charge in [0.05, 0.1) is 29.5 Å². The number of anilines is 1. The Bertz CT molecular complexity index is 1150. The van der Waals surface area contributed by atoms with Crippen LogP contribution < -0.4 is 4.90 Å². The molecule has 0 aromatic heterocycles. The predicted molar refractivity (Wildman–Crippen MR) is 134 cm³/mol. The maximum atomic E-state index is 13.5. The molecule has 1 spiro atoms. The van der Waals surface area contributed by atoms with Crippen LogP contribution >= 0.6 is 12.2 Å². The Hall–Kier alpha value is -3.23. The number of aliphatic hydroxyl groups excluding tert-OH is 1. The van der Waals surface area contributed by atoms with Gasteiger partial charge in [-0.25, -0.2) is 0 Å². The van der Waals surface area contributed by atoms with Gasteiger partial charge < -0.3 is 14.7 Å². The Morgan fingerprint density at radius 1 is 1.32 bits per heavy atom. The maximum Gasteiger partial charge on any atom is 0.417 e. The maximum absolute atomic E-state index is 13.5. The minimum absolute atomic E-state index is 0.0213. The van der Waals surface area contributed by atoms with Crippen LogP contribution in [0, 0.1) is 11.3 Å². The van der Waals surface area contributed by atoms with Crippen molar-refractivity contribution in [2.45, 2.75) is 57.2 Å². The fourth-order valence-electron chi connectivity index (χ4n) is 4.50. The van der Waals surface area contributed by atoms with Gasteiger partial charge in [-0.15, -0.1) is 0 Å². The second kappa shape index (κ2) is 11.9. The molecule has 1 aromatic rings. The number of ether oxygens (including phenoxy) is 1. The molecule has 0 atom stereocenters. The molecule has 0 unspecified atom stereocenters. The lowest BCUT2D eigenvalue weighted by molar-refractivity contribution is -0.144. The molecule has 1 aliphatic carbocycles. The topological polar surface area (TPSA) is 93.9 Å². The van der Waals surface area contributed by atoms with Gasteiger partial charge in [0.15, 0.2) is 5.11 Å². The van der Waals surface area contributed by atoms with E-state index in [2.05, 4.69) is 0 Å². The van der Waals surface area contributed by atoms with Crippen LogP contribution in [0.15, 0.2) is 42.0 Å². The third-order valence-corrected chi connectivity index (χ3v) is 6.87. The summed E-state index contributed by atoms with van der Waals surface area (Å²) in [7, 11) is 0. The van der Waals surface area contributed by atoms with E-state index in [1.54, 1.807) is 11.0 Å². The van der Waals surface area contributed by atoms with Crippen molar-refractivity contribution in [3.8, 4) is 6.07 Å². The summed E-state index contributed by atoms with van der Waals surface area (Å²) in [5.41, 5.74) is -1.68. The van der Waals surface area contributed by atoms with Crippen LogP contribution in [0.1, 0.15) is 56.6 Å². The van der Waals surface area contributed by atoms with Crippen molar-refractivity contribution >= 4 is 34.9 Å². The first-order chi connectivity index (χ1) is 17.6. The average Bonchev–Trinajstić information content (AvgIpc) is 3.06. The summed E-state index contributed by atoms with van der Waals surface area (Å²) < 4.78 is 45.5. The van der Waals surface area contributed by atoms with Crippen molar-refractivity contribution in [2.24, 2.45) is 0 Å². The van der Waals surface area contributed by atoms with Gasteiger partial charge in [-0.05, 0) is 62.5 Å². The van der Waals surface area contributed by atoms with E-state index in [9.17, 15) is 22.8 Å². The molecule has 1 heterocycles. The molecule has 7 nitrogen and oxygen atoms in total. The molecular formula is C26H28F3N3O4S. The lowest BCUT2D eigenvalue weighted by atomic mass is 9.75. The van der Waals surface area contributed by atoms with Crippen molar-refractivity contribution in [1.82, 2.24) is 4.90 Å². The lowest BCUT2D eigenvalue weighted by Crippen LogP contribution is -2.54. The summed E-state index contributed by atoms with van der Waals surface area (Å²) in [4.78, 5) is 28.1. The van der Waals surface area contributed by atoms with Crippen molar-refractivity contribution < 1.29 is 32.6 Å². The second-order valence-electron chi connectivity index (χ2n) is 8.79. The first-order valence-corrected chi connectivity index (χ1v) is 12.4.